The lowest BCUT2D eigenvalue weighted by atomic mass is 10.2. The Hall–Kier alpha value is -1.50. The van der Waals surface area contributed by atoms with E-state index >= 15 is 0 Å². The first-order valence-corrected chi connectivity index (χ1v) is 7.34. The fourth-order valence-electron chi connectivity index (χ4n) is 2.56. The zero-order chi connectivity index (χ0) is 15.5. The van der Waals surface area contributed by atoms with Crippen molar-refractivity contribution in [3.05, 3.63) is 41.2 Å². The second-order valence-corrected chi connectivity index (χ2v) is 5.63. The fraction of sp³-hybridized carbons (Fsp3) is 0.400. The Morgan fingerprint density at radius 2 is 2.32 bits per heavy atom. The van der Waals surface area contributed by atoms with Crippen molar-refractivity contribution in [1.82, 2.24) is 9.88 Å². The molecule has 2 aromatic rings. The molecule has 1 fully saturated rings. The number of oxazole rings is 1. The molecule has 7 heteroatoms. The standard InChI is InChI=1S/C15H15ClF2N2O2/c16-11-3-1-2-10(6-11)14-19-12(9-21-14)7-20-5-4-13(8-20)22-15(17)18/h1-3,6,9,13,15H,4-5,7-8H2/t13-/m0/s1. The number of nitrogens with zero attached hydrogens (tertiary/aromatic N) is 2. The summed E-state index contributed by atoms with van der Waals surface area (Å²) in [5, 5.41) is 0.615. The van der Waals surface area contributed by atoms with E-state index in [0.717, 1.165) is 11.3 Å². The highest BCUT2D eigenvalue weighted by Gasteiger charge is 2.26. The minimum atomic E-state index is -2.72. The van der Waals surface area contributed by atoms with Gasteiger partial charge >= 0.3 is 6.61 Å². The van der Waals surface area contributed by atoms with Crippen LogP contribution in [-0.2, 0) is 11.3 Å². The van der Waals surface area contributed by atoms with Crippen molar-refractivity contribution in [3.8, 4) is 11.5 Å². The Kier molecular flexibility index (Phi) is 4.71. The second-order valence-electron chi connectivity index (χ2n) is 5.20. The van der Waals surface area contributed by atoms with Crippen LogP contribution in [0.1, 0.15) is 12.1 Å². The maximum atomic E-state index is 12.2. The van der Waals surface area contributed by atoms with Gasteiger partial charge in [-0.15, -0.1) is 0 Å². The van der Waals surface area contributed by atoms with Crippen molar-refractivity contribution >= 4 is 11.6 Å². The number of benzene rings is 1. The molecule has 118 valence electrons. The first-order chi connectivity index (χ1) is 10.6. The van der Waals surface area contributed by atoms with Gasteiger partial charge in [-0.3, -0.25) is 4.90 Å². The van der Waals surface area contributed by atoms with Crippen LogP contribution < -0.4 is 0 Å². The first-order valence-electron chi connectivity index (χ1n) is 6.96. The van der Waals surface area contributed by atoms with Gasteiger partial charge < -0.3 is 9.15 Å². The zero-order valence-corrected chi connectivity index (χ0v) is 12.5. The van der Waals surface area contributed by atoms with Gasteiger partial charge in [0.25, 0.3) is 0 Å². The topological polar surface area (TPSA) is 38.5 Å². The van der Waals surface area contributed by atoms with Crippen LogP contribution in [0.2, 0.25) is 5.02 Å². The Morgan fingerprint density at radius 1 is 1.45 bits per heavy atom. The molecule has 0 radical (unpaired) electrons. The van der Waals surface area contributed by atoms with Crippen LogP contribution in [0.5, 0.6) is 0 Å². The van der Waals surface area contributed by atoms with Gasteiger partial charge in [-0.05, 0) is 24.6 Å². The van der Waals surface area contributed by atoms with Crippen molar-refractivity contribution in [2.45, 2.75) is 25.7 Å². The molecule has 3 rings (SSSR count). The normalized spacial score (nSPS) is 19.2. The minimum Gasteiger partial charge on any atom is -0.444 e. The van der Waals surface area contributed by atoms with E-state index in [0.29, 0.717) is 37.0 Å². The molecule has 22 heavy (non-hydrogen) atoms. The summed E-state index contributed by atoms with van der Waals surface area (Å²) in [4.78, 5) is 6.44. The minimum absolute atomic E-state index is 0.417. The molecule has 1 aliphatic heterocycles. The summed E-state index contributed by atoms with van der Waals surface area (Å²) < 4.78 is 34.4. The molecule has 4 nitrogen and oxygen atoms in total. The molecule has 0 saturated carbocycles. The zero-order valence-electron chi connectivity index (χ0n) is 11.7. The fourth-order valence-corrected chi connectivity index (χ4v) is 2.75. The summed E-state index contributed by atoms with van der Waals surface area (Å²) in [5.41, 5.74) is 1.56. The van der Waals surface area contributed by atoms with Crippen molar-refractivity contribution in [2.24, 2.45) is 0 Å². The average Bonchev–Trinajstić information content (AvgIpc) is 3.08. The van der Waals surface area contributed by atoms with Gasteiger partial charge in [-0.25, -0.2) is 4.98 Å². The van der Waals surface area contributed by atoms with E-state index in [4.69, 9.17) is 16.0 Å². The van der Waals surface area contributed by atoms with Gasteiger partial charge in [0.2, 0.25) is 5.89 Å². The molecule has 1 aromatic heterocycles. The highest BCUT2D eigenvalue weighted by Crippen LogP contribution is 2.23. The quantitative estimate of drug-likeness (QED) is 0.836. The van der Waals surface area contributed by atoms with Crippen LogP contribution in [0.4, 0.5) is 8.78 Å². The van der Waals surface area contributed by atoms with E-state index in [1.165, 1.54) is 0 Å². The monoisotopic (exact) mass is 328 g/mol. The lowest BCUT2D eigenvalue weighted by Gasteiger charge is -2.14. The Morgan fingerprint density at radius 3 is 3.09 bits per heavy atom. The van der Waals surface area contributed by atoms with E-state index < -0.39 is 12.7 Å². The number of aromatic nitrogens is 1. The van der Waals surface area contributed by atoms with Crippen LogP contribution in [0.25, 0.3) is 11.5 Å². The Balaban J connectivity index is 1.61. The summed E-state index contributed by atoms with van der Waals surface area (Å²) >= 11 is 5.94. The van der Waals surface area contributed by atoms with Gasteiger partial charge in [-0.2, -0.15) is 8.78 Å². The largest absolute Gasteiger partial charge is 0.444 e. The number of hydrogen-bond acceptors (Lipinski definition) is 4. The summed E-state index contributed by atoms with van der Waals surface area (Å²) in [6.07, 6.45) is 1.76. The first kappa shape index (κ1) is 15.4. The molecule has 0 aliphatic carbocycles. The number of likely N-dealkylation sites (tertiary alicyclic amines) is 1. The molecule has 0 amide bonds. The van der Waals surface area contributed by atoms with Crippen LogP contribution in [0.15, 0.2) is 34.9 Å². The van der Waals surface area contributed by atoms with E-state index in [1.807, 2.05) is 17.0 Å². The SMILES string of the molecule is FC(F)O[C@H]1CCN(Cc2coc(-c3cccc(Cl)c3)n2)C1. The maximum absolute atomic E-state index is 12.2. The van der Waals surface area contributed by atoms with Crippen molar-refractivity contribution in [2.75, 3.05) is 13.1 Å². The van der Waals surface area contributed by atoms with Gasteiger partial charge in [0, 0.05) is 30.2 Å². The van der Waals surface area contributed by atoms with Gasteiger partial charge in [-0.1, -0.05) is 17.7 Å². The molecule has 0 bridgehead atoms. The molecule has 0 unspecified atom stereocenters. The van der Waals surface area contributed by atoms with Gasteiger partial charge in [0.1, 0.15) is 6.26 Å². The Labute approximate surface area is 131 Å². The maximum Gasteiger partial charge on any atom is 0.345 e. The van der Waals surface area contributed by atoms with Gasteiger partial charge in [0.05, 0.1) is 11.8 Å². The van der Waals surface area contributed by atoms with Crippen LogP contribution in [-0.4, -0.2) is 35.7 Å². The van der Waals surface area contributed by atoms with Crippen molar-refractivity contribution in [3.63, 3.8) is 0 Å². The van der Waals surface area contributed by atoms with E-state index in [-0.39, 0.29) is 0 Å². The van der Waals surface area contributed by atoms with Crippen molar-refractivity contribution < 1.29 is 17.9 Å². The Bertz CT molecular complexity index is 636. The number of hydrogen-bond donors (Lipinski definition) is 0. The summed E-state index contributed by atoms with van der Waals surface area (Å²) in [5.74, 6) is 0.497. The lowest BCUT2D eigenvalue weighted by Crippen LogP contribution is -2.24. The van der Waals surface area contributed by atoms with Crippen LogP contribution in [0, 0.1) is 0 Å². The third-order valence-corrected chi connectivity index (χ3v) is 3.77. The van der Waals surface area contributed by atoms with E-state index in [9.17, 15) is 8.78 Å². The molecule has 2 heterocycles. The average molecular weight is 329 g/mol. The third kappa shape index (κ3) is 3.82. The molecule has 1 aromatic carbocycles. The number of halogens is 3. The summed E-state index contributed by atoms with van der Waals surface area (Å²) in [6.45, 7) is -0.986. The molecule has 1 atom stereocenters. The van der Waals surface area contributed by atoms with E-state index in [1.54, 1.807) is 18.4 Å². The number of rotatable bonds is 5. The summed E-state index contributed by atoms with van der Waals surface area (Å²) in [7, 11) is 0. The second kappa shape index (κ2) is 6.73. The van der Waals surface area contributed by atoms with Crippen LogP contribution in [0.3, 0.4) is 0 Å². The lowest BCUT2D eigenvalue weighted by molar-refractivity contribution is -0.158. The van der Waals surface area contributed by atoms with Crippen molar-refractivity contribution in [1.29, 1.82) is 0 Å². The molecule has 0 N–H and O–H groups in total. The molecule has 0 spiro atoms. The molecular weight excluding hydrogens is 314 g/mol. The van der Waals surface area contributed by atoms with Crippen LogP contribution >= 0.6 is 11.6 Å². The third-order valence-electron chi connectivity index (χ3n) is 3.53. The molecular formula is C15H15ClF2N2O2. The predicted octanol–water partition coefficient (Wildman–Crippen LogP) is 3.81. The van der Waals surface area contributed by atoms with E-state index in [2.05, 4.69) is 9.72 Å². The highest BCUT2D eigenvalue weighted by atomic mass is 35.5. The van der Waals surface area contributed by atoms with Gasteiger partial charge in [0.15, 0.2) is 0 Å². The predicted molar refractivity (Wildman–Crippen MR) is 77.7 cm³/mol. The smallest absolute Gasteiger partial charge is 0.345 e. The number of alkyl halides is 2. The number of ether oxygens (including phenoxy) is 1. The molecule has 1 aliphatic rings. The highest BCUT2D eigenvalue weighted by molar-refractivity contribution is 6.30. The molecule has 1 saturated heterocycles. The summed E-state index contributed by atoms with van der Waals surface area (Å²) in [6, 6.07) is 7.25.